The lowest BCUT2D eigenvalue weighted by atomic mass is 10.1. The van der Waals surface area contributed by atoms with Crippen LogP contribution in [0.4, 0.5) is 0 Å². The van der Waals surface area contributed by atoms with Gasteiger partial charge in [-0.2, -0.15) is 0 Å². The van der Waals surface area contributed by atoms with Crippen molar-refractivity contribution in [1.82, 2.24) is 5.32 Å². The van der Waals surface area contributed by atoms with Gasteiger partial charge in [-0.3, -0.25) is 4.79 Å². The first-order valence-electron chi connectivity index (χ1n) is 6.65. The number of hydrogen-bond donors (Lipinski definition) is 2. The van der Waals surface area contributed by atoms with Crippen molar-refractivity contribution < 1.29 is 14.6 Å². The zero-order valence-corrected chi connectivity index (χ0v) is 11.9. The number of hydrogen-bond acceptors (Lipinski definition) is 3. The Morgan fingerprint density at radius 1 is 1.47 bits per heavy atom. The van der Waals surface area contributed by atoms with E-state index in [1.807, 2.05) is 32.0 Å². The number of aryl methyl sites for hydroxylation is 1. The van der Waals surface area contributed by atoms with Crippen molar-refractivity contribution >= 4 is 5.91 Å². The van der Waals surface area contributed by atoms with Crippen LogP contribution in [-0.2, 0) is 11.2 Å². The maximum atomic E-state index is 11.8. The summed E-state index contributed by atoms with van der Waals surface area (Å²) in [6.07, 6.45) is 1.26. The summed E-state index contributed by atoms with van der Waals surface area (Å²) in [5.41, 5.74) is 1.99. The number of carbonyl (C=O) groups excluding carboxylic acids is 1. The molecule has 0 bridgehead atoms. The van der Waals surface area contributed by atoms with Crippen LogP contribution in [0.15, 0.2) is 18.2 Å². The largest absolute Gasteiger partial charge is 0.496 e. The smallest absolute Gasteiger partial charge is 0.224 e. The number of methoxy groups -OCH3 is 1. The van der Waals surface area contributed by atoms with Gasteiger partial charge in [0, 0.05) is 12.1 Å². The van der Waals surface area contributed by atoms with Gasteiger partial charge in [0.25, 0.3) is 0 Å². The molecule has 1 aromatic rings. The van der Waals surface area contributed by atoms with Crippen molar-refractivity contribution in [2.45, 2.75) is 39.2 Å². The molecule has 1 aromatic carbocycles. The summed E-state index contributed by atoms with van der Waals surface area (Å²) in [6.45, 7) is 4.41. The SMILES string of the molecule is CCC(O)CCNC(=O)Cc1cc(C)ccc1OC. The van der Waals surface area contributed by atoms with Crippen LogP contribution in [0.5, 0.6) is 5.75 Å². The van der Waals surface area contributed by atoms with Gasteiger partial charge in [-0.15, -0.1) is 0 Å². The molecule has 0 aromatic heterocycles. The Hall–Kier alpha value is -1.55. The molecule has 1 amide bonds. The Morgan fingerprint density at radius 3 is 2.84 bits per heavy atom. The van der Waals surface area contributed by atoms with Gasteiger partial charge in [0.1, 0.15) is 5.75 Å². The van der Waals surface area contributed by atoms with Crippen molar-refractivity contribution in [2.24, 2.45) is 0 Å². The van der Waals surface area contributed by atoms with Crippen molar-refractivity contribution in [2.75, 3.05) is 13.7 Å². The van der Waals surface area contributed by atoms with Crippen molar-refractivity contribution in [1.29, 1.82) is 0 Å². The molecule has 4 nitrogen and oxygen atoms in total. The molecule has 0 spiro atoms. The molecule has 0 heterocycles. The molecule has 0 fully saturated rings. The first kappa shape index (κ1) is 15.5. The van der Waals surface area contributed by atoms with Crippen LogP contribution in [0.2, 0.25) is 0 Å². The van der Waals surface area contributed by atoms with Crippen LogP contribution in [0.3, 0.4) is 0 Å². The van der Waals surface area contributed by atoms with E-state index in [2.05, 4.69) is 5.32 Å². The molecular formula is C15H23NO3. The van der Waals surface area contributed by atoms with Crippen LogP contribution < -0.4 is 10.1 Å². The molecule has 0 aliphatic heterocycles. The van der Waals surface area contributed by atoms with Gasteiger partial charge in [-0.05, 0) is 25.8 Å². The second kappa shape index (κ2) is 7.79. The van der Waals surface area contributed by atoms with Crippen molar-refractivity contribution in [3.8, 4) is 5.75 Å². The number of benzene rings is 1. The van der Waals surface area contributed by atoms with Crippen LogP contribution in [-0.4, -0.2) is 30.8 Å². The number of amides is 1. The molecule has 19 heavy (non-hydrogen) atoms. The molecule has 0 radical (unpaired) electrons. The minimum absolute atomic E-state index is 0.0489. The third-order valence-electron chi connectivity index (χ3n) is 3.06. The van der Waals surface area contributed by atoms with E-state index in [1.165, 1.54) is 0 Å². The summed E-state index contributed by atoms with van der Waals surface area (Å²) >= 11 is 0. The van der Waals surface area contributed by atoms with E-state index < -0.39 is 0 Å². The van der Waals surface area contributed by atoms with E-state index in [1.54, 1.807) is 7.11 Å². The molecule has 0 aliphatic rings. The quantitative estimate of drug-likeness (QED) is 0.790. The Kier molecular flexibility index (Phi) is 6.36. The molecule has 2 N–H and O–H groups in total. The fourth-order valence-corrected chi connectivity index (χ4v) is 1.86. The second-order valence-electron chi connectivity index (χ2n) is 4.69. The van der Waals surface area contributed by atoms with Gasteiger partial charge >= 0.3 is 0 Å². The third-order valence-corrected chi connectivity index (χ3v) is 3.06. The Balaban J connectivity index is 2.50. The first-order chi connectivity index (χ1) is 9.06. The Labute approximate surface area is 114 Å². The van der Waals surface area contributed by atoms with E-state index in [-0.39, 0.29) is 12.0 Å². The fraction of sp³-hybridized carbons (Fsp3) is 0.533. The first-order valence-corrected chi connectivity index (χ1v) is 6.65. The fourth-order valence-electron chi connectivity index (χ4n) is 1.86. The summed E-state index contributed by atoms with van der Waals surface area (Å²) in [4.78, 5) is 11.8. The summed E-state index contributed by atoms with van der Waals surface area (Å²) in [5.74, 6) is 0.682. The molecule has 1 unspecified atom stereocenters. The van der Waals surface area contributed by atoms with Gasteiger partial charge < -0.3 is 15.2 Å². The highest BCUT2D eigenvalue weighted by Crippen LogP contribution is 2.19. The zero-order chi connectivity index (χ0) is 14.3. The Morgan fingerprint density at radius 2 is 2.21 bits per heavy atom. The highest BCUT2D eigenvalue weighted by Gasteiger charge is 2.09. The van der Waals surface area contributed by atoms with Gasteiger partial charge in [0.2, 0.25) is 5.91 Å². The van der Waals surface area contributed by atoms with E-state index in [0.717, 1.165) is 16.9 Å². The van der Waals surface area contributed by atoms with Crippen molar-refractivity contribution in [3.05, 3.63) is 29.3 Å². The van der Waals surface area contributed by atoms with Crippen LogP contribution in [0.25, 0.3) is 0 Å². The average molecular weight is 265 g/mol. The normalized spacial score (nSPS) is 12.0. The van der Waals surface area contributed by atoms with Crippen LogP contribution >= 0.6 is 0 Å². The molecule has 106 valence electrons. The highest BCUT2D eigenvalue weighted by molar-refractivity contribution is 5.79. The lowest BCUT2D eigenvalue weighted by molar-refractivity contribution is -0.120. The maximum Gasteiger partial charge on any atom is 0.224 e. The predicted octanol–water partition coefficient (Wildman–Crippen LogP) is 1.82. The minimum Gasteiger partial charge on any atom is -0.496 e. The number of aliphatic hydroxyl groups excluding tert-OH is 1. The predicted molar refractivity (Wildman–Crippen MR) is 75.4 cm³/mol. The van der Waals surface area contributed by atoms with E-state index in [4.69, 9.17) is 4.74 Å². The van der Waals surface area contributed by atoms with Crippen LogP contribution in [0.1, 0.15) is 30.9 Å². The van der Waals surface area contributed by atoms with Gasteiger partial charge in [0.05, 0.1) is 19.6 Å². The van der Waals surface area contributed by atoms with E-state index >= 15 is 0 Å². The van der Waals surface area contributed by atoms with Gasteiger partial charge in [-0.25, -0.2) is 0 Å². The maximum absolute atomic E-state index is 11.8. The summed E-state index contributed by atoms with van der Waals surface area (Å²) in [7, 11) is 1.60. The lowest BCUT2D eigenvalue weighted by Gasteiger charge is -2.11. The monoisotopic (exact) mass is 265 g/mol. The van der Waals surface area contributed by atoms with Crippen LogP contribution in [0, 0.1) is 6.92 Å². The summed E-state index contributed by atoms with van der Waals surface area (Å²) < 4.78 is 5.24. The molecule has 0 aliphatic carbocycles. The van der Waals surface area contributed by atoms with Gasteiger partial charge in [0.15, 0.2) is 0 Å². The molecule has 0 saturated heterocycles. The number of rotatable bonds is 7. The summed E-state index contributed by atoms with van der Waals surface area (Å²) in [5, 5.41) is 12.2. The topological polar surface area (TPSA) is 58.6 Å². The van der Waals surface area contributed by atoms with Gasteiger partial charge in [-0.1, -0.05) is 24.6 Å². The molecule has 1 atom stereocenters. The number of nitrogens with one attached hydrogen (secondary N) is 1. The van der Waals surface area contributed by atoms with Crippen molar-refractivity contribution in [3.63, 3.8) is 0 Å². The second-order valence-corrected chi connectivity index (χ2v) is 4.69. The molecule has 0 saturated carbocycles. The van der Waals surface area contributed by atoms with E-state index in [9.17, 15) is 9.90 Å². The average Bonchev–Trinajstić information content (AvgIpc) is 2.38. The standard InChI is InChI=1S/C15H23NO3/c1-4-13(17)7-8-16-15(18)10-12-9-11(2)5-6-14(12)19-3/h5-6,9,13,17H,4,7-8,10H2,1-3H3,(H,16,18). The van der Waals surface area contributed by atoms with E-state index in [0.29, 0.717) is 25.8 Å². The Bertz CT molecular complexity index is 418. The molecule has 1 rings (SSSR count). The third kappa shape index (κ3) is 5.30. The number of carbonyl (C=O) groups is 1. The zero-order valence-electron chi connectivity index (χ0n) is 11.9. The molecule has 4 heteroatoms. The summed E-state index contributed by atoms with van der Waals surface area (Å²) in [6, 6.07) is 5.79. The minimum atomic E-state index is -0.339. The number of ether oxygens (including phenoxy) is 1. The lowest BCUT2D eigenvalue weighted by Crippen LogP contribution is -2.28. The highest BCUT2D eigenvalue weighted by atomic mass is 16.5. The molecular weight excluding hydrogens is 242 g/mol. The number of aliphatic hydroxyl groups is 1.